The van der Waals surface area contributed by atoms with Crippen molar-refractivity contribution in [2.24, 2.45) is 0 Å². The second kappa shape index (κ2) is 9.75. The van der Waals surface area contributed by atoms with Gasteiger partial charge in [-0.15, -0.1) is 0 Å². The lowest BCUT2D eigenvalue weighted by Crippen LogP contribution is -2.13. The fourth-order valence-corrected chi connectivity index (χ4v) is 2.06. The summed E-state index contributed by atoms with van der Waals surface area (Å²) in [5.74, 6) is 0. The van der Waals surface area contributed by atoms with Crippen molar-refractivity contribution in [2.45, 2.75) is 32.3 Å². The second-order valence-corrected chi connectivity index (χ2v) is 5.40. The Morgan fingerprint density at radius 1 is 1.08 bits per heavy atom. The fourth-order valence-electron chi connectivity index (χ4n) is 2.06. The number of halogens is 6. The van der Waals surface area contributed by atoms with Crippen LogP contribution in [0.1, 0.15) is 30.0 Å². The van der Waals surface area contributed by atoms with Crippen LogP contribution in [0.3, 0.4) is 0 Å². The second-order valence-electron chi connectivity index (χ2n) is 5.40. The van der Waals surface area contributed by atoms with Crippen LogP contribution < -0.4 is 5.48 Å². The Bertz CT molecular complexity index is 603. The Morgan fingerprint density at radius 3 is 2.12 bits per heavy atom. The van der Waals surface area contributed by atoms with Gasteiger partial charge in [0.15, 0.2) is 0 Å². The topological polar surface area (TPSA) is 41.5 Å². The number of allylic oxidation sites excluding steroid dienone is 3. The third-order valence-electron chi connectivity index (χ3n) is 3.31. The van der Waals surface area contributed by atoms with Crippen molar-refractivity contribution in [3.05, 3.63) is 58.7 Å². The van der Waals surface area contributed by atoms with Crippen LogP contribution in [0.2, 0.25) is 0 Å². The predicted octanol–water partition coefficient (Wildman–Crippen LogP) is 5.11. The van der Waals surface area contributed by atoms with E-state index in [1.54, 1.807) is 25.2 Å². The number of nitrogens with one attached hydrogen (secondary N) is 1. The van der Waals surface area contributed by atoms with Crippen molar-refractivity contribution >= 4 is 0 Å². The quantitative estimate of drug-likeness (QED) is 0.284. The van der Waals surface area contributed by atoms with E-state index in [-0.39, 0.29) is 24.8 Å². The summed E-state index contributed by atoms with van der Waals surface area (Å²) in [6.45, 7) is 1.64. The predicted molar refractivity (Wildman–Crippen MR) is 83.4 cm³/mol. The minimum absolute atomic E-state index is 0.0721. The molecule has 0 spiro atoms. The molecule has 0 unspecified atom stereocenters. The number of benzene rings is 1. The van der Waals surface area contributed by atoms with E-state index in [0.29, 0.717) is 18.6 Å². The highest BCUT2D eigenvalue weighted by molar-refractivity contribution is 5.33. The van der Waals surface area contributed by atoms with Crippen molar-refractivity contribution < 1.29 is 36.3 Å². The van der Waals surface area contributed by atoms with Gasteiger partial charge in [-0.1, -0.05) is 23.8 Å². The first-order valence-corrected chi connectivity index (χ1v) is 7.61. The third kappa shape index (κ3) is 7.59. The molecule has 0 aromatic heterocycles. The summed E-state index contributed by atoms with van der Waals surface area (Å²) in [6, 6.07) is 1.36. The third-order valence-corrected chi connectivity index (χ3v) is 3.31. The van der Waals surface area contributed by atoms with E-state index in [0.717, 1.165) is 5.57 Å². The standard InChI is InChI=1S/C17H19F6NO2/c1-2-3-4-12(10-24-25)5-6-26-11-13-7-14(16(18,19)20)9-15(8-13)17(21,22)23/h2-4,7-9,24-25H,5-6,10-11H2,1H3/b3-2-,12-4-. The van der Waals surface area contributed by atoms with Crippen molar-refractivity contribution in [3.8, 4) is 0 Å². The van der Waals surface area contributed by atoms with E-state index in [1.807, 2.05) is 5.48 Å². The zero-order chi connectivity index (χ0) is 19.8. The van der Waals surface area contributed by atoms with Gasteiger partial charge in [0.05, 0.1) is 24.3 Å². The Balaban J connectivity index is 2.80. The molecular weight excluding hydrogens is 364 g/mol. The number of ether oxygens (including phenoxy) is 1. The molecule has 0 saturated carbocycles. The van der Waals surface area contributed by atoms with Crippen molar-refractivity contribution in [1.29, 1.82) is 0 Å². The number of rotatable bonds is 8. The van der Waals surface area contributed by atoms with Gasteiger partial charge in [0, 0.05) is 6.54 Å². The van der Waals surface area contributed by atoms with E-state index in [9.17, 15) is 26.3 Å². The first kappa shape index (κ1) is 22.2. The van der Waals surface area contributed by atoms with Gasteiger partial charge in [0.1, 0.15) is 0 Å². The highest BCUT2D eigenvalue weighted by Gasteiger charge is 2.36. The number of alkyl halides is 6. The number of hydroxylamine groups is 1. The molecular formula is C17H19F6NO2. The van der Waals surface area contributed by atoms with Crippen LogP contribution in [-0.4, -0.2) is 18.4 Å². The molecule has 9 heteroatoms. The zero-order valence-corrected chi connectivity index (χ0v) is 13.9. The van der Waals surface area contributed by atoms with E-state index >= 15 is 0 Å². The molecule has 26 heavy (non-hydrogen) atoms. The first-order valence-electron chi connectivity index (χ1n) is 7.61. The van der Waals surface area contributed by atoms with Crippen LogP contribution >= 0.6 is 0 Å². The summed E-state index contributed by atoms with van der Waals surface area (Å²) >= 11 is 0. The lowest BCUT2D eigenvalue weighted by Gasteiger charge is -2.14. The van der Waals surface area contributed by atoms with E-state index < -0.39 is 30.1 Å². The Labute approximate surface area is 146 Å². The minimum atomic E-state index is -4.88. The number of hydrogen-bond acceptors (Lipinski definition) is 3. The van der Waals surface area contributed by atoms with Crippen LogP contribution in [0, 0.1) is 0 Å². The molecule has 0 amide bonds. The van der Waals surface area contributed by atoms with Crippen LogP contribution in [0.15, 0.2) is 42.0 Å². The zero-order valence-electron chi connectivity index (χ0n) is 13.9. The Hall–Kier alpha value is -1.84. The molecule has 3 nitrogen and oxygen atoms in total. The van der Waals surface area contributed by atoms with Crippen LogP contribution in [0.4, 0.5) is 26.3 Å². The monoisotopic (exact) mass is 383 g/mol. The van der Waals surface area contributed by atoms with Gasteiger partial charge >= 0.3 is 12.4 Å². The summed E-state index contributed by atoms with van der Waals surface area (Å²) in [7, 11) is 0. The molecule has 1 rings (SSSR count). The van der Waals surface area contributed by atoms with Gasteiger partial charge in [-0.2, -0.15) is 26.3 Å². The lowest BCUT2D eigenvalue weighted by molar-refractivity contribution is -0.143. The first-order chi connectivity index (χ1) is 12.1. The molecule has 1 aromatic carbocycles. The van der Waals surface area contributed by atoms with Crippen molar-refractivity contribution in [1.82, 2.24) is 5.48 Å². The van der Waals surface area contributed by atoms with Gasteiger partial charge in [-0.3, -0.25) is 0 Å². The molecule has 0 aliphatic carbocycles. The fraction of sp³-hybridized carbons (Fsp3) is 0.412. The summed E-state index contributed by atoms with van der Waals surface area (Å²) in [5, 5.41) is 8.72. The molecule has 0 aliphatic heterocycles. The van der Waals surface area contributed by atoms with Crippen LogP contribution in [0.25, 0.3) is 0 Å². The molecule has 0 saturated heterocycles. The number of hydrogen-bond donors (Lipinski definition) is 2. The van der Waals surface area contributed by atoms with Gasteiger partial charge in [0.25, 0.3) is 0 Å². The average molecular weight is 383 g/mol. The molecule has 0 atom stereocenters. The van der Waals surface area contributed by atoms with E-state index in [4.69, 9.17) is 9.94 Å². The van der Waals surface area contributed by atoms with Gasteiger partial charge < -0.3 is 9.94 Å². The smallest absolute Gasteiger partial charge is 0.376 e. The molecule has 0 aliphatic rings. The Kier molecular flexibility index (Phi) is 8.32. The normalized spacial score (nSPS) is 13.6. The van der Waals surface area contributed by atoms with Crippen molar-refractivity contribution in [2.75, 3.05) is 13.2 Å². The molecule has 0 radical (unpaired) electrons. The highest BCUT2D eigenvalue weighted by atomic mass is 19.4. The molecule has 0 bridgehead atoms. The van der Waals surface area contributed by atoms with Crippen LogP contribution in [0.5, 0.6) is 0 Å². The maximum absolute atomic E-state index is 12.8. The minimum Gasteiger partial charge on any atom is -0.376 e. The summed E-state index contributed by atoms with van der Waals surface area (Å²) in [5.41, 5.74) is -0.228. The molecule has 0 heterocycles. The SMILES string of the molecule is C/C=C\C=C(\CCOCc1cc(C(F)(F)F)cc(C(F)(F)F)c1)CNO. The van der Waals surface area contributed by atoms with Gasteiger partial charge in [-0.05, 0) is 37.1 Å². The van der Waals surface area contributed by atoms with E-state index in [1.165, 1.54) is 0 Å². The van der Waals surface area contributed by atoms with Gasteiger partial charge in [0.2, 0.25) is 0 Å². The average Bonchev–Trinajstić information content (AvgIpc) is 2.54. The summed E-state index contributed by atoms with van der Waals surface area (Å²) in [4.78, 5) is 0. The molecule has 146 valence electrons. The summed E-state index contributed by atoms with van der Waals surface area (Å²) < 4.78 is 81.9. The largest absolute Gasteiger partial charge is 0.416 e. The Morgan fingerprint density at radius 2 is 1.65 bits per heavy atom. The molecule has 0 fully saturated rings. The lowest BCUT2D eigenvalue weighted by atomic mass is 10.1. The maximum Gasteiger partial charge on any atom is 0.416 e. The van der Waals surface area contributed by atoms with E-state index in [2.05, 4.69) is 0 Å². The maximum atomic E-state index is 12.8. The molecule has 2 N–H and O–H groups in total. The highest BCUT2D eigenvalue weighted by Crippen LogP contribution is 2.36. The molecule has 1 aromatic rings. The summed E-state index contributed by atoms with van der Waals surface area (Å²) in [6.07, 6.45) is -4.20. The van der Waals surface area contributed by atoms with Crippen molar-refractivity contribution in [3.63, 3.8) is 0 Å². The van der Waals surface area contributed by atoms with Gasteiger partial charge in [-0.25, -0.2) is 5.48 Å². The van der Waals surface area contributed by atoms with Crippen LogP contribution in [-0.2, 0) is 23.7 Å².